The van der Waals surface area contributed by atoms with E-state index in [1.807, 2.05) is 6.07 Å². The van der Waals surface area contributed by atoms with Gasteiger partial charge in [-0.1, -0.05) is 70.2 Å². The molecule has 0 aromatic heterocycles. The summed E-state index contributed by atoms with van der Waals surface area (Å²) in [5.74, 6) is -0.101. The second kappa shape index (κ2) is 10.4. The van der Waals surface area contributed by atoms with Gasteiger partial charge in [0.2, 0.25) is 0 Å². The van der Waals surface area contributed by atoms with Crippen LogP contribution in [0.15, 0.2) is 54.6 Å². The molecule has 0 fully saturated rings. The van der Waals surface area contributed by atoms with Crippen LogP contribution in [0.25, 0.3) is 0 Å². The summed E-state index contributed by atoms with van der Waals surface area (Å²) in [6.07, 6.45) is 2.76. The molecule has 2 rings (SSSR count). The van der Waals surface area contributed by atoms with E-state index < -0.39 is 5.41 Å². The van der Waals surface area contributed by atoms with Gasteiger partial charge in [0.1, 0.15) is 5.82 Å². The summed E-state index contributed by atoms with van der Waals surface area (Å²) in [5, 5.41) is 10.1. The number of rotatable bonds is 10. The molecule has 0 N–H and O–H groups in total. The van der Waals surface area contributed by atoms with Crippen molar-refractivity contribution in [1.82, 2.24) is 4.90 Å². The first kappa shape index (κ1) is 22.1. The van der Waals surface area contributed by atoms with Gasteiger partial charge in [0.25, 0.3) is 0 Å². The summed E-state index contributed by atoms with van der Waals surface area (Å²) in [5.41, 5.74) is 1.65. The number of hydrogen-bond donors (Lipinski definition) is 0. The van der Waals surface area contributed by atoms with Gasteiger partial charge in [0, 0.05) is 12.6 Å². The molecule has 0 saturated carbocycles. The van der Waals surface area contributed by atoms with E-state index in [0.717, 1.165) is 37.9 Å². The molecule has 0 bridgehead atoms. The zero-order valence-corrected chi connectivity index (χ0v) is 17.7. The molecule has 150 valence electrons. The van der Waals surface area contributed by atoms with E-state index in [9.17, 15) is 9.65 Å². The molecular weight excluding hydrogens is 347 g/mol. The first-order chi connectivity index (χ1) is 13.5. The highest BCUT2D eigenvalue weighted by Gasteiger charge is 2.36. The summed E-state index contributed by atoms with van der Waals surface area (Å²) in [6.45, 7) is 10.5. The Morgan fingerprint density at radius 2 is 1.68 bits per heavy atom. The van der Waals surface area contributed by atoms with E-state index in [0.29, 0.717) is 6.04 Å². The van der Waals surface area contributed by atoms with Gasteiger partial charge in [-0.3, -0.25) is 4.90 Å². The molecule has 0 radical (unpaired) electrons. The van der Waals surface area contributed by atoms with Gasteiger partial charge in [-0.05, 0) is 55.0 Å². The van der Waals surface area contributed by atoms with Crippen molar-refractivity contribution in [2.75, 3.05) is 6.54 Å². The van der Waals surface area contributed by atoms with Crippen molar-refractivity contribution < 1.29 is 4.39 Å². The highest BCUT2D eigenvalue weighted by Crippen LogP contribution is 2.37. The summed E-state index contributed by atoms with van der Waals surface area (Å²) in [4.78, 5) is 2.50. The third-order valence-corrected chi connectivity index (χ3v) is 6.04. The van der Waals surface area contributed by atoms with Crippen molar-refractivity contribution >= 4 is 0 Å². The lowest BCUT2D eigenvalue weighted by molar-refractivity contribution is 0.168. The second-order valence-electron chi connectivity index (χ2n) is 7.89. The molecule has 0 aliphatic heterocycles. The maximum absolute atomic E-state index is 13.4. The Kier molecular flexibility index (Phi) is 8.20. The van der Waals surface area contributed by atoms with Crippen LogP contribution in [0.2, 0.25) is 0 Å². The average molecular weight is 381 g/mol. The molecule has 0 amide bonds. The molecule has 0 heterocycles. The van der Waals surface area contributed by atoms with Gasteiger partial charge in [0.05, 0.1) is 11.5 Å². The van der Waals surface area contributed by atoms with E-state index in [1.165, 1.54) is 17.7 Å². The van der Waals surface area contributed by atoms with Crippen LogP contribution in [0.3, 0.4) is 0 Å². The van der Waals surface area contributed by atoms with Crippen LogP contribution in [0, 0.1) is 23.1 Å². The fourth-order valence-electron chi connectivity index (χ4n) is 4.12. The van der Waals surface area contributed by atoms with Crippen LogP contribution < -0.4 is 0 Å². The molecule has 2 unspecified atom stereocenters. The van der Waals surface area contributed by atoms with Crippen molar-refractivity contribution in [3.05, 3.63) is 71.5 Å². The molecule has 2 aromatic carbocycles. The highest BCUT2D eigenvalue weighted by atomic mass is 19.1. The highest BCUT2D eigenvalue weighted by molar-refractivity contribution is 5.33. The molecule has 2 nitrogen and oxygen atoms in total. The Morgan fingerprint density at radius 3 is 2.18 bits per heavy atom. The van der Waals surface area contributed by atoms with E-state index in [-0.39, 0.29) is 11.7 Å². The molecule has 0 aliphatic rings. The third kappa shape index (κ3) is 5.20. The molecular formula is C25H33FN2. The SMILES string of the molecule is CCC(CCC(C#N)(c1ccc(F)cc1)C(C)C)N(CC)Cc1ccccc1. The Morgan fingerprint density at radius 1 is 1.04 bits per heavy atom. The van der Waals surface area contributed by atoms with Crippen LogP contribution in [0.4, 0.5) is 4.39 Å². The number of nitriles is 1. The Labute approximate surface area is 170 Å². The summed E-state index contributed by atoms with van der Waals surface area (Å²) >= 11 is 0. The Bertz CT molecular complexity index is 748. The summed E-state index contributed by atoms with van der Waals surface area (Å²) in [6, 6.07) is 20.0. The summed E-state index contributed by atoms with van der Waals surface area (Å²) < 4.78 is 13.4. The van der Waals surface area contributed by atoms with E-state index >= 15 is 0 Å². The van der Waals surface area contributed by atoms with Crippen molar-refractivity contribution in [2.24, 2.45) is 5.92 Å². The fourth-order valence-corrected chi connectivity index (χ4v) is 4.12. The number of hydrogen-bond acceptors (Lipinski definition) is 2. The lowest BCUT2D eigenvalue weighted by Crippen LogP contribution is -2.38. The average Bonchev–Trinajstić information content (AvgIpc) is 2.71. The zero-order valence-electron chi connectivity index (χ0n) is 17.7. The van der Waals surface area contributed by atoms with Crippen LogP contribution in [0.5, 0.6) is 0 Å². The zero-order chi connectivity index (χ0) is 20.6. The lowest BCUT2D eigenvalue weighted by atomic mass is 9.69. The predicted octanol–water partition coefficient (Wildman–Crippen LogP) is 6.32. The first-order valence-electron chi connectivity index (χ1n) is 10.4. The van der Waals surface area contributed by atoms with E-state index in [1.54, 1.807) is 12.1 Å². The Balaban J connectivity index is 2.19. The minimum atomic E-state index is -0.590. The number of benzene rings is 2. The number of nitrogens with zero attached hydrogens (tertiary/aromatic N) is 2. The van der Waals surface area contributed by atoms with Crippen molar-refractivity contribution in [2.45, 2.75) is 65.0 Å². The molecule has 2 atom stereocenters. The number of halogens is 1. The van der Waals surface area contributed by atoms with Gasteiger partial charge in [-0.25, -0.2) is 4.39 Å². The van der Waals surface area contributed by atoms with E-state index in [2.05, 4.69) is 62.9 Å². The van der Waals surface area contributed by atoms with Crippen LogP contribution in [0.1, 0.15) is 58.1 Å². The van der Waals surface area contributed by atoms with Gasteiger partial charge in [-0.15, -0.1) is 0 Å². The quantitative estimate of drug-likeness (QED) is 0.482. The van der Waals surface area contributed by atoms with Crippen molar-refractivity contribution in [1.29, 1.82) is 5.26 Å². The minimum Gasteiger partial charge on any atom is -0.296 e. The Hall–Kier alpha value is -2.18. The van der Waals surface area contributed by atoms with Gasteiger partial charge in [0.15, 0.2) is 0 Å². The van der Waals surface area contributed by atoms with Gasteiger partial charge < -0.3 is 0 Å². The predicted molar refractivity (Wildman–Crippen MR) is 114 cm³/mol. The lowest BCUT2D eigenvalue weighted by Gasteiger charge is -2.36. The molecule has 2 aromatic rings. The third-order valence-electron chi connectivity index (χ3n) is 6.04. The molecule has 0 aliphatic carbocycles. The smallest absolute Gasteiger partial charge is 0.123 e. The maximum atomic E-state index is 13.4. The van der Waals surface area contributed by atoms with Crippen LogP contribution in [-0.4, -0.2) is 17.5 Å². The second-order valence-corrected chi connectivity index (χ2v) is 7.89. The molecule has 28 heavy (non-hydrogen) atoms. The molecule has 0 spiro atoms. The largest absolute Gasteiger partial charge is 0.296 e. The molecule has 0 saturated heterocycles. The normalized spacial score (nSPS) is 14.6. The first-order valence-corrected chi connectivity index (χ1v) is 10.4. The van der Waals surface area contributed by atoms with Crippen LogP contribution in [-0.2, 0) is 12.0 Å². The van der Waals surface area contributed by atoms with E-state index in [4.69, 9.17) is 0 Å². The van der Waals surface area contributed by atoms with Crippen molar-refractivity contribution in [3.8, 4) is 6.07 Å². The maximum Gasteiger partial charge on any atom is 0.123 e. The fraction of sp³-hybridized carbons (Fsp3) is 0.480. The molecule has 3 heteroatoms. The topological polar surface area (TPSA) is 27.0 Å². The van der Waals surface area contributed by atoms with Gasteiger partial charge >= 0.3 is 0 Å². The monoisotopic (exact) mass is 380 g/mol. The minimum absolute atomic E-state index is 0.157. The summed E-state index contributed by atoms with van der Waals surface area (Å²) in [7, 11) is 0. The standard InChI is InChI=1S/C25H33FN2/c1-5-24(28(6-2)18-21-10-8-7-9-11-21)16-17-25(19-27,20(3)4)22-12-14-23(26)15-13-22/h7-15,20,24H,5-6,16-18H2,1-4H3. The van der Waals surface area contributed by atoms with Crippen molar-refractivity contribution in [3.63, 3.8) is 0 Å². The van der Waals surface area contributed by atoms with Gasteiger partial charge in [-0.2, -0.15) is 5.26 Å². The van der Waals surface area contributed by atoms with Crippen LogP contribution >= 0.6 is 0 Å².